The number of carbonyl (C=O) groups excluding carboxylic acids is 6. The van der Waals surface area contributed by atoms with E-state index in [4.69, 9.17) is 4.42 Å². The van der Waals surface area contributed by atoms with Crippen LogP contribution in [0.2, 0.25) is 0 Å². The van der Waals surface area contributed by atoms with Crippen molar-refractivity contribution in [3.8, 4) is 11.3 Å². The van der Waals surface area contributed by atoms with Crippen molar-refractivity contribution in [1.82, 2.24) is 40.0 Å². The second-order valence-corrected chi connectivity index (χ2v) is 13.9. The molecule has 5 aromatic rings. The number of furan rings is 1. The van der Waals surface area contributed by atoms with E-state index >= 15 is 0 Å². The van der Waals surface area contributed by atoms with Crippen LogP contribution >= 0.6 is 0 Å². The van der Waals surface area contributed by atoms with Gasteiger partial charge in [0.1, 0.15) is 29.6 Å². The summed E-state index contributed by atoms with van der Waals surface area (Å²) < 4.78 is 7.27. The lowest BCUT2D eigenvalue weighted by molar-refractivity contribution is -0.136. The lowest BCUT2D eigenvalue weighted by Gasteiger charge is -2.36. The minimum Gasteiger partial charge on any atom is -0.467 e. The van der Waals surface area contributed by atoms with E-state index in [9.17, 15) is 28.8 Å². The largest absolute Gasteiger partial charge is 0.467 e. The Morgan fingerprint density at radius 2 is 1.74 bits per heavy atom. The first-order valence-electron chi connectivity index (χ1n) is 18.7. The molecule has 4 N–H and O–H groups in total. The van der Waals surface area contributed by atoms with Gasteiger partial charge in [-0.2, -0.15) is 0 Å². The second kappa shape index (κ2) is 15.9. The molecule has 1 unspecified atom stereocenters. The summed E-state index contributed by atoms with van der Waals surface area (Å²) in [5.74, 6) is -1.07. The number of amides is 6. The highest BCUT2D eigenvalue weighted by molar-refractivity contribution is 6.23. The quantitative estimate of drug-likeness (QED) is 0.0997. The molecule has 6 heterocycles. The number of carbonyl (C=O) groups is 6. The predicted octanol–water partition coefficient (Wildman–Crippen LogP) is 2.05. The number of piperazine rings is 1. The molecule has 3 aliphatic rings. The highest BCUT2D eigenvalue weighted by Gasteiger charge is 2.44. The molecule has 0 radical (unpaired) electrons. The summed E-state index contributed by atoms with van der Waals surface area (Å²) in [6, 6.07) is 15.3. The molecule has 0 bridgehead atoms. The molecule has 292 valence electrons. The van der Waals surface area contributed by atoms with Gasteiger partial charge in [-0.25, -0.2) is 4.98 Å². The van der Waals surface area contributed by atoms with Crippen molar-refractivity contribution < 1.29 is 33.2 Å². The number of nitrogens with zero attached hydrogens (tertiary/aromatic N) is 7. The summed E-state index contributed by atoms with van der Waals surface area (Å²) in [7, 11) is 0. The number of rotatable bonds is 13. The number of imide groups is 2. The Morgan fingerprint density at radius 3 is 2.51 bits per heavy atom. The number of benzene rings is 2. The Morgan fingerprint density at radius 1 is 0.930 bits per heavy atom. The third kappa shape index (κ3) is 7.73. The van der Waals surface area contributed by atoms with Gasteiger partial charge < -0.3 is 30.2 Å². The van der Waals surface area contributed by atoms with Crippen LogP contribution in [0, 0.1) is 0 Å². The second-order valence-electron chi connectivity index (χ2n) is 13.9. The first kappa shape index (κ1) is 36.8. The van der Waals surface area contributed by atoms with Gasteiger partial charge in [-0.1, -0.05) is 12.1 Å². The van der Waals surface area contributed by atoms with E-state index in [1.54, 1.807) is 24.9 Å². The average Bonchev–Trinajstić information content (AvgIpc) is 3.99. The maximum atomic E-state index is 13.1. The summed E-state index contributed by atoms with van der Waals surface area (Å²) in [5.41, 5.74) is 4.02. The van der Waals surface area contributed by atoms with Crippen LogP contribution in [0.1, 0.15) is 52.2 Å². The Labute approximate surface area is 325 Å². The number of hydrogen-bond donors (Lipinski definition) is 4. The molecule has 3 aliphatic heterocycles. The fraction of sp³-hybridized carbons (Fsp3) is 0.308. The number of aromatic nitrogens is 4. The molecule has 0 saturated carbocycles. The monoisotopic (exact) mass is 773 g/mol. The van der Waals surface area contributed by atoms with Crippen molar-refractivity contribution in [2.45, 2.75) is 38.3 Å². The molecular weight excluding hydrogens is 734 g/mol. The van der Waals surface area contributed by atoms with E-state index in [1.807, 2.05) is 45.7 Å². The van der Waals surface area contributed by atoms with E-state index in [1.165, 1.54) is 12.1 Å². The first-order chi connectivity index (χ1) is 27.7. The number of fused-ring (bicyclic) bond motifs is 2. The highest BCUT2D eigenvalue weighted by Crippen LogP contribution is 2.30. The lowest BCUT2D eigenvalue weighted by atomic mass is 10.0. The first-order valence-corrected chi connectivity index (χ1v) is 18.7. The van der Waals surface area contributed by atoms with Gasteiger partial charge in [0.25, 0.3) is 11.8 Å². The molecule has 1 atom stereocenters. The van der Waals surface area contributed by atoms with Crippen molar-refractivity contribution in [3.05, 3.63) is 90.3 Å². The van der Waals surface area contributed by atoms with Crippen molar-refractivity contribution in [3.63, 3.8) is 0 Å². The van der Waals surface area contributed by atoms with Gasteiger partial charge in [0, 0.05) is 62.5 Å². The molecule has 0 aliphatic carbocycles. The third-order valence-corrected chi connectivity index (χ3v) is 10.3. The van der Waals surface area contributed by atoms with Crippen molar-refractivity contribution >= 4 is 58.3 Å². The topological polar surface area (TPSA) is 216 Å². The van der Waals surface area contributed by atoms with Crippen LogP contribution in [0.5, 0.6) is 0 Å². The smallest absolute Gasteiger partial charge is 0.262 e. The van der Waals surface area contributed by atoms with Crippen LogP contribution in [-0.2, 0) is 25.7 Å². The molecule has 0 spiro atoms. The Bertz CT molecular complexity index is 2350. The van der Waals surface area contributed by atoms with Gasteiger partial charge in [0.2, 0.25) is 23.6 Å². The molecule has 2 fully saturated rings. The van der Waals surface area contributed by atoms with Crippen molar-refractivity contribution in [1.29, 1.82) is 0 Å². The van der Waals surface area contributed by atoms with E-state index < -0.39 is 29.7 Å². The van der Waals surface area contributed by atoms with Gasteiger partial charge >= 0.3 is 0 Å². The predicted molar refractivity (Wildman–Crippen MR) is 205 cm³/mol. The SMILES string of the molecule is O=C(CNc1ccc2c(c1)C(=O)N(C1CCC(=O)NC1=O)C2=O)NCCCC(=O)N1CCN(c2ccc(-c3ncc(NCc4ccco4)n4cnnc34)cc2)CC1. The van der Waals surface area contributed by atoms with Gasteiger partial charge in [-0.15, -0.1) is 10.2 Å². The van der Waals surface area contributed by atoms with Gasteiger partial charge in [0.15, 0.2) is 5.65 Å². The van der Waals surface area contributed by atoms with Crippen molar-refractivity contribution in [2.24, 2.45) is 0 Å². The Kier molecular flexibility index (Phi) is 10.3. The van der Waals surface area contributed by atoms with E-state index in [-0.39, 0.29) is 42.3 Å². The molecule has 3 aromatic heterocycles. The van der Waals surface area contributed by atoms with E-state index in [2.05, 4.69) is 41.3 Å². The molecule has 6 amide bonds. The molecule has 2 saturated heterocycles. The summed E-state index contributed by atoms with van der Waals surface area (Å²) >= 11 is 0. The fourth-order valence-electron chi connectivity index (χ4n) is 7.24. The maximum Gasteiger partial charge on any atom is 0.262 e. The molecule has 18 nitrogen and oxygen atoms in total. The molecule has 2 aromatic carbocycles. The van der Waals surface area contributed by atoms with Crippen LogP contribution in [0.15, 0.2) is 77.8 Å². The van der Waals surface area contributed by atoms with Gasteiger partial charge in [-0.3, -0.25) is 43.4 Å². The van der Waals surface area contributed by atoms with E-state index in [0.717, 1.165) is 27.7 Å². The van der Waals surface area contributed by atoms with Crippen LogP contribution in [0.3, 0.4) is 0 Å². The summed E-state index contributed by atoms with van der Waals surface area (Å²) in [6.45, 7) is 3.28. The maximum absolute atomic E-state index is 13.1. The zero-order chi connectivity index (χ0) is 39.5. The summed E-state index contributed by atoms with van der Waals surface area (Å²) in [6.07, 6.45) is 5.91. The number of piperidine rings is 1. The number of hydrogen-bond acceptors (Lipinski definition) is 13. The summed E-state index contributed by atoms with van der Waals surface area (Å²) in [5, 5.41) is 19.6. The Balaban J connectivity index is 0.753. The van der Waals surface area contributed by atoms with Gasteiger partial charge in [-0.05, 0) is 55.3 Å². The van der Waals surface area contributed by atoms with Crippen LogP contribution in [-0.4, -0.2) is 110 Å². The lowest BCUT2D eigenvalue weighted by Crippen LogP contribution is -2.54. The Hall–Kier alpha value is -7.11. The average molecular weight is 774 g/mol. The molecule has 18 heteroatoms. The number of nitrogens with one attached hydrogen (secondary N) is 4. The normalized spacial score (nSPS) is 16.8. The molecule has 8 rings (SSSR count). The minimum absolute atomic E-state index is 0.0339. The zero-order valence-electron chi connectivity index (χ0n) is 30.8. The van der Waals surface area contributed by atoms with Crippen LogP contribution in [0.25, 0.3) is 16.9 Å². The highest BCUT2D eigenvalue weighted by atomic mass is 16.3. The van der Waals surface area contributed by atoms with Crippen molar-refractivity contribution in [2.75, 3.05) is 54.8 Å². The fourth-order valence-corrected chi connectivity index (χ4v) is 7.24. The van der Waals surface area contributed by atoms with E-state index in [0.29, 0.717) is 69.1 Å². The molecular formula is C39H39N11O7. The number of anilines is 3. The minimum atomic E-state index is -1.05. The summed E-state index contributed by atoms with van der Waals surface area (Å²) in [4.78, 5) is 85.0. The van der Waals surface area contributed by atoms with Crippen LogP contribution < -0.4 is 26.2 Å². The van der Waals surface area contributed by atoms with Gasteiger partial charge in [0.05, 0.1) is 36.7 Å². The standard InChI is InChI=1S/C39H39N11O7/c51-32-12-11-30(37(54)45-32)50-38(55)28-10-7-25(19-29(28)39(50)56)41-22-33(52)40-13-1-4-34(53)48-16-14-47(15-17-48)26-8-5-24(6-9-26)35-36-46-44-23-49(36)31(21-43-35)42-20-27-3-2-18-57-27/h2-3,5-10,18-19,21,23,30,41-42H,1,4,11-17,20,22H2,(H,40,52)(H,45,51,54). The molecule has 57 heavy (non-hydrogen) atoms. The third-order valence-electron chi connectivity index (χ3n) is 10.3. The zero-order valence-corrected chi connectivity index (χ0v) is 30.8. The van der Waals surface area contributed by atoms with Crippen LogP contribution in [0.4, 0.5) is 17.2 Å².